The molecule has 120 valence electrons. The standard InChI is InChI=1S/C14H20N4O2S2/c1-22(19,20)18-8-2-7-17(9-10-18)11-12-3-4-14(21-12)13-5-6-15-16-13/h3-6H,2,7-11H2,1H3,(H,15,16). The van der Waals surface area contributed by atoms with Gasteiger partial charge in [0.05, 0.1) is 16.8 Å². The molecule has 1 fully saturated rings. The fraction of sp³-hybridized carbons (Fsp3) is 0.500. The van der Waals surface area contributed by atoms with Gasteiger partial charge in [0, 0.05) is 37.3 Å². The zero-order chi connectivity index (χ0) is 15.6. The van der Waals surface area contributed by atoms with Crippen LogP contribution >= 0.6 is 11.3 Å². The maximum Gasteiger partial charge on any atom is 0.211 e. The Balaban J connectivity index is 1.62. The fourth-order valence-electron chi connectivity index (χ4n) is 2.66. The summed E-state index contributed by atoms with van der Waals surface area (Å²) in [6.45, 7) is 3.79. The van der Waals surface area contributed by atoms with Gasteiger partial charge in [0.1, 0.15) is 0 Å². The molecule has 0 aromatic carbocycles. The summed E-state index contributed by atoms with van der Waals surface area (Å²) in [5.41, 5.74) is 1.04. The van der Waals surface area contributed by atoms with Crippen molar-refractivity contribution in [2.45, 2.75) is 13.0 Å². The van der Waals surface area contributed by atoms with Gasteiger partial charge in [-0.3, -0.25) is 10.00 Å². The van der Waals surface area contributed by atoms with Crippen molar-refractivity contribution in [2.24, 2.45) is 0 Å². The highest BCUT2D eigenvalue weighted by atomic mass is 32.2. The van der Waals surface area contributed by atoms with Crippen LogP contribution in [-0.2, 0) is 16.6 Å². The molecule has 0 unspecified atom stereocenters. The molecular weight excluding hydrogens is 320 g/mol. The Bertz CT molecular complexity index is 709. The van der Waals surface area contributed by atoms with Crippen LogP contribution in [0.1, 0.15) is 11.3 Å². The topological polar surface area (TPSA) is 69.3 Å². The predicted molar refractivity (Wildman–Crippen MR) is 88.2 cm³/mol. The lowest BCUT2D eigenvalue weighted by Gasteiger charge is -2.19. The molecule has 0 amide bonds. The molecule has 3 rings (SSSR count). The Morgan fingerprint density at radius 1 is 1.23 bits per heavy atom. The van der Waals surface area contributed by atoms with Crippen molar-refractivity contribution in [1.29, 1.82) is 0 Å². The largest absolute Gasteiger partial charge is 0.297 e. The number of nitrogens with zero attached hydrogens (tertiary/aromatic N) is 3. The summed E-state index contributed by atoms with van der Waals surface area (Å²) in [5, 5.41) is 6.95. The van der Waals surface area contributed by atoms with E-state index in [2.05, 4.69) is 27.2 Å². The Morgan fingerprint density at radius 3 is 2.82 bits per heavy atom. The molecule has 0 atom stereocenters. The third-order valence-corrected chi connectivity index (χ3v) is 6.23. The van der Waals surface area contributed by atoms with Gasteiger partial charge in [-0.05, 0) is 31.2 Å². The van der Waals surface area contributed by atoms with Gasteiger partial charge in [0.25, 0.3) is 0 Å². The highest BCUT2D eigenvalue weighted by Crippen LogP contribution is 2.27. The number of H-pyrrole nitrogens is 1. The van der Waals surface area contributed by atoms with E-state index in [1.807, 2.05) is 6.07 Å². The molecule has 0 radical (unpaired) electrons. The van der Waals surface area contributed by atoms with E-state index >= 15 is 0 Å². The monoisotopic (exact) mass is 340 g/mol. The number of sulfonamides is 1. The molecule has 0 saturated carbocycles. The molecule has 3 heterocycles. The van der Waals surface area contributed by atoms with Crippen LogP contribution in [0.25, 0.3) is 10.6 Å². The minimum Gasteiger partial charge on any atom is -0.297 e. The number of rotatable bonds is 4. The Hall–Kier alpha value is -1.22. The molecule has 1 saturated heterocycles. The molecule has 2 aromatic rings. The Labute approximate surface area is 134 Å². The van der Waals surface area contributed by atoms with E-state index in [0.29, 0.717) is 13.1 Å². The smallest absolute Gasteiger partial charge is 0.211 e. The molecule has 8 heteroatoms. The van der Waals surface area contributed by atoms with Crippen LogP contribution in [0.4, 0.5) is 0 Å². The van der Waals surface area contributed by atoms with Gasteiger partial charge in [-0.25, -0.2) is 12.7 Å². The SMILES string of the molecule is CS(=O)(=O)N1CCCN(Cc2ccc(-c3ccn[nH]3)s2)CC1. The number of hydrogen-bond donors (Lipinski definition) is 1. The minimum absolute atomic E-state index is 0.581. The van der Waals surface area contributed by atoms with Crippen LogP contribution in [0, 0.1) is 0 Å². The quantitative estimate of drug-likeness (QED) is 0.918. The minimum atomic E-state index is -3.07. The van der Waals surface area contributed by atoms with Crippen LogP contribution in [-0.4, -0.2) is 60.3 Å². The maximum atomic E-state index is 11.6. The molecule has 1 aliphatic rings. The third-order valence-electron chi connectivity index (χ3n) is 3.82. The van der Waals surface area contributed by atoms with Gasteiger partial charge < -0.3 is 0 Å². The first kappa shape index (κ1) is 15.7. The molecule has 2 aromatic heterocycles. The molecule has 0 spiro atoms. The van der Waals surface area contributed by atoms with Gasteiger partial charge in [-0.15, -0.1) is 11.3 Å². The highest BCUT2D eigenvalue weighted by molar-refractivity contribution is 7.88. The van der Waals surface area contributed by atoms with Crippen molar-refractivity contribution in [3.63, 3.8) is 0 Å². The summed E-state index contributed by atoms with van der Waals surface area (Å²) in [4.78, 5) is 4.80. The summed E-state index contributed by atoms with van der Waals surface area (Å²) in [6, 6.07) is 6.21. The van der Waals surface area contributed by atoms with Crippen LogP contribution in [0.3, 0.4) is 0 Å². The van der Waals surface area contributed by atoms with E-state index in [0.717, 1.165) is 31.7 Å². The first-order valence-electron chi connectivity index (χ1n) is 7.28. The van der Waals surface area contributed by atoms with Gasteiger partial charge in [-0.1, -0.05) is 0 Å². The van der Waals surface area contributed by atoms with Crippen LogP contribution < -0.4 is 0 Å². The second-order valence-electron chi connectivity index (χ2n) is 5.53. The lowest BCUT2D eigenvalue weighted by atomic mass is 10.3. The van der Waals surface area contributed by atoms with E-state index in [9.17, 15) is 8.42 Å². The fourth-order valence-corrected chi connectivity index (χ4v) is 4.56. The van der Waals surface area contributed by atoms with Gasteiger partial charge in [0.15, 0.2) is 0 Å². The van der Waals surface area contributed by atoms with E-state index in [1.54, 1.807) is 21.8 Å². The summed E-state index contributed by atoms with van der Waals surface area (Å²) in [6.07, 6.45) is 3.92. The molecule has 1 aliphatic heterocycles. The zero-order valence-corrected chi connectivity index (χ0v) is 14.2. The van der Waals surface area contributed by atoms with Crippen molar-refractivity contribution >= 4 is 21.4 Å². The summed E-state index contributed by atoms with van der Waals surface area (Å²) < 4.78 is 24.9. The molecular formula is C14H20N4O2S2. The first-order valence-corrected chi connectivity index (χ1v) is 9.95. The van der Waals surface area contributed by atoms with Crippen LogP contribution in [0.15, 0.2) is 24.4 Å². The molecule has 1 N–H and O–H groups in total. The summed E-state index contributed by atoms with van der Waals surface area (Å²) in [5.74, 6) is 0. The van der Waals surface area contributed by atoms with Crippen molar-refractivity contribution in [3.8, 4) is 10.6 Å². The van der Waals surface area contributed by atoms with Crippen molar-refractivity contribution in [1.82, 2.24) is 19.4 Å². The van der Waals surface area contributed by atoms with Gasteiger partial charge in [0.2, 0.25) is 10.0 Å². The number of hydrogen-bond acceptors (Lipinski definition) is 5. The van der Waals surface area contributed by atoms with Crippen molar-refractivity contribution < 1.29 is 8.42 Å². The number of thiophene rings is 1. The molecule has 0 aliphatic carbocycles. The summed E-state index contributed by atoms with van der Waals surface area (Å²) >= 11 is 1.75. The van der Waals surface area contributed by atoms with Gasteiger partial charge >= 0.3 is 0 Å². The average molecular weight is 340 g/mol. The van der Waals surface area contributed by atoms with E-state index < -0.39 is 10.0 Å². The zero-order valence-electron chi connectivity index (χ0n) is 12.5. The lowest BCUT2D eigenvalue weighted by Crippen LogP contribution is -2.34. The normalized spacial score (nSPS) is 18.4. The maximum absolute atomic E-state index is 11.6. The average Bonchev–Trinajstić information content (AvgIpc) is 3.06. The predicted octanol–water partition coefficient (Wildman–Crippen LogP) is 1.61. The number of aromatic amines is 1. The van der Waals surface area contributed by atoms with Crippen LogP contribution in [0.5, 0.6) is 0 Å². The third kappa shape index (κ3) is 3.75. The second kappa shape index (κ2) is 6.49. The lowest BCUT2D eigenvalue weighted by molar-refractivity contribution is 0.281. The second-order valence-corrected chi connectivity index (χ2v) is 8.68. The van der Waals surface area contributed by atoms with E-state index in [1.165, 1.54) is 16.0 Å². The van der Waals surface area contributed by atoms with Crippen molar-refractivity contribution in [3.05, 3.63) is 29.3 Å². The van der Waals surface area contributed by atoms with E-state index in [4.69, 9.17) is 0 Å². The molecule has 22 heavy (non-hydrogen) atoms. The van der Waals surface area contributed by atoms with Crippen LogP contribution in [0.2, 0.25) is 0 Å². The number of aromatic nitrogens is 2. The number of nitrogens with one attached hydrogen (secondary N) is 1. The van der Waals surface area contributed by atoms with Gasteiger partial charge in [-0.2, -0.15) is 5.10 Å². The molecule has 6 nitrogen and oxygen atoms in total. The molecule has 0 bridgehead atoms. The Kier molecular flexibility index (Phi) is 4.62. The Morgan fingerprint density at radius 2 is 2.09 bits per heavy atom. The highest BCUT2D eigenvalue weighted by Gasteiger charge is 2.21. The first-order chi connectivity index (χ1) is 10.5. The van der Waals surface area contributed by atoms with E-state index in [-0.39, 0.29) is 0 Å². The summed E-state index contributed by atoms with van der Waals surface area (Å²) in [7, 11) is -3.07. The van der Waals surface area contributed by atoms with Crippen molar-refractivity contribution in [2.75, 3.05) is 32.4 Å².